The van der Waals surface area contributed by atoms with Crippen LogP contribution in [0.2, 0.25) is 0 Å². The third-order valence-corrected chi connectivity index (χ3v) is 3.47. The topological polar surface area (TPSA) is 82.2 Å². The number of methoxy groups -OCH3 is 1. The van der Waals surface area contributed by atoms with Crippen molar-refractivity contribution in [2.75, 3.05) is 13.7 Å². The first-order chi connectivity index (χ1) is 10.7. The van der Waals surface area contributed by atoms with Crippen molar-refractivity contribution >= 4 is 10.9 Å². The maximum atomic E-state index is 12.4. The normalized spacial score (nSPS) is 11.0. The Labute approximate surface area is 126 Å². The van der Waals surface area contributed by atoms with E-state index in [1.54, 1.807) is 18.0 Å². The maximum Gasteiger partial charge on any atom is 0.278 e. The highest BCUT2D eigenvalue weighted by atomic mass is 16.5. The summed E-state index contributed by atoms with van der Waals surface area (Å²) < 4.78 is 8.08. The standard InChI is InChI=1S/C15H16N4O3/c1-22-12-4-2-11(3-5-12)10-19-15(21)13-8-16-18(6-7-20)14(13)9-17-19/h2-5,8-9,20H,6-7,10H2,1H3. The molecule has 0 saturated heterocycles. The zero-order valence-corrected chi connectivity index (χ0v) is 12.1. The van der Waals surface area contributed by atoms with E-state index < -0.39 is 0 Å². The molecule has 0 aliphatic carbocycles. The van der Waals surface area contributed by atoms with Gasteiger partial charge in [-0.1, -0.05) is 12.1 Å². The van der Waals surface area contributed by atoms with E-state index in [1.165, 1.54) is 10.9 Å². The monoisotopic (exact) mass is 300 g/mol. The summed E-state index contributed by atoms with van der Waals surface area (Å²) in [6.45, 7) is 0.683. The second-order valence-electron chi connectivity index (χ2n) is 4.85. The molecule has 0 bridgehead atoms. The second-order valence-corrected chi connectivity index (χ2v) is 4.85. The summed E-state index contributed by atoms with van der Waals surface area (Å²) in [6, 6.07) is 7.48. The molecule has 0 aliphatic heterocycles. The molecule has 0 aliphatic rings. The van der Waals surface area contributed by atoms with E-state index in [-0.39, 0.29) is 12.2 Å². The number of nitrogens with zero attached hydrogens (tertiary/aromatic N) is 4. The Hall–Kier alpha value is -2.67. The lowest BCUT2D eigenvalue weighted by atomic mass is 10.2. The Balaban J connectivity index is 1.94. The molecule has 22 heavy (non-hydrogen) atoms. The Morgan fingerprint density at radius 2 is 1.86 bits per heavy atom. The average Bonchev–Trinajstić information content (AvgIpc) is 2.95. The second kappa shape index (κ2) is 5.98. The number of aromatic nitrogens is 4. The van der Waals surface area contributed by atoms with Crippen molar-refractivity contribution in [3.63, 3.8) is 0 Å². The molecule has 2 aromatic heterocycles. The molecule has 0 spiro atoms. The van der Waals surface area contributed by atoms with Gasteiger partial charge in [0.1, 0.15) is 5.75 Å². The summed E-state index contributed by atoms with van der Waals surface area (Å²) in [4.78, 5) is 12.4. The Bertz CT molecular complexity index is 836. The maximum absolute atomic E-state index is 12.4. The molecule has 1 aromatic carbocycles. The molecule has 0 atom stereocenters. The quantitative estimate of drug-likeness (QED) is 0.748. The number of hydrogen-bond acceptors (Lipinski definition) is 5. The fourth-order valence-corrected chi connectivity index (χ4v) is 2.30. The molecule has 0 amide bonds. The highest BCUT2D eigenvalue weighted by Crippen LogP contribution is 2.12. The van der Waals surface area contributed by atoms with Crippen LogP contribution in [0.4, 0.5) is 0 Å². The van der Waals surface area contributed by atoms with Crippen LogP contribution in [-0.2, 0) is 13.1 Å². The van der Waals surface area contributed by atoms with Crippen LogP contribution in [0.1, 0.15) is 5.56 Å². The van der Waals surface area contributed by atoms with E-state index in [2.05, 4.69) is 10.2 Å². The first-order valence-electron chi connectivity index (χ1n) is 6.88. The van der Waals surface area contributed by atoms with E-state index in [1.807, 2.05) is 24.3 Å². The number of ether oxygens (including phenoxy) is 1. The van der Waals surface area contributed by atoms with Gasteiger partial charge in [0, 0.05) is 0 Å². The largest absolute Gasteiger partial charge is 0.497 e. The minimum Gasteiger partial charge on any atom is -0.497 e. The van der Waals surface area contributed by atoms with E-state index in [4.69, 9.17) is 9.84 Å². The predicted octanol–water partition coefficient (Wildman–Crippen LogP) is 0.642. The van der Waals surface area contributed by atoms with Crippen molar-refractivity contribution in [2.24, 2.45) is 0 Å². The van der Waals surface area contributed by atoms with Gasteiger partial charge < -0.3 is 9.84 Å². The lowest BCUT2D eigenvalue weighted by Gasteiger charge is -2.06. The number of fused-ring (bicyclic) bond motifs is 1. The van der Waals surface area contributed by atoms with Crippen LogP contribution in [0.3, 0.4) is 0 Å². The average molecular weight is 300 g/mol. The minimum atomic E-state index is -0.197. The van der Waals surface area contributed by atoms with Crippen LogP contribution in [0.15, 0.2) is 41.5 Å². The molecule has 3 rings (SSSR count). The van der Waals surface area contributed by atoms with Gasteiger partial charge in [0.05, 0.1) is 50.1 Å². The molecule has 114 valence electrons. The first kappa shape index (κ1) is 14.3. The van der Waals surface area contributed by atoms with Gasteiger partial charge in [-0.3, -0.25) is 9.48 Å². The van der Waals surface area contributed by atoms with Crippen molar-refractivity contribution < 1.29 is 9.84 Å². The van der Waals surface area contributed by atoms with Crippen molar-refractivity contribution in [1.29, 1.82) is 0 Å². The van der Waals surface area contributed by atoms with Gasteiger partial charge in [-0.25, -0.2) is 4.68 Å². The fourth-order valence-electron chi connectivity index (χ4n) is 2.30. The summed E-state index contributed by atoms with van der Waals surface area (Å²) in [5, 5.41) is 17.8. The van der Waals surface area contributed by atoms with E-state index in [0.717, 1.165) is 11.3 Å². The lowest BCUT2D eigenvalue weighted by Crippen LogP contribution is -2.23. The Morgan fingerprint density at radius 1 is 1.14 bits per heavy atom. The third kappa shape index (κ3) is 2.58. The predicted molar refractivity (Wildman–Crippen MR) is 81.0 cm³/mol. The van der Waals surface area contributed by atoms with Crippen LogP contribution in [0.5, 0.6) is 5.75 Å². The molecule has 0 unspecified atom stereocenters. The third-order valence-electron chi connectivity index (χ3n) is 3.47. The van der Waals surface area contributed by atoms with Gasteiger partial charge in [-0.2, -0.15) is 10.2 Å². The van der Waals surface area contributed by atoms with E-state index in [0.29, 0.717) is 24.0 Å². The highest BCUT2D eigenvalue weighted by Gasteiger charge is 2.09. The van der Waals surface area contributed by atoms with Gasteiger partial charge in [0.25, 0.3) is 5.56 Å². The fraction of sp³-hybridized carbons (Fsp3) is 0.267. The van der Waals surface area contributed by atoms with Gasteiger partial charge >= 0.3 is 0 Å². The smallest absolute Gasteiger partial charge is 0.278 e. The molecule has 0 saturated carbocycles. The van der Waals surface area contributed by atoms with E-state index >= 15 is 0 Å². The molecule has 0 fully saturated rings. The van der Waals surface area contributed by atoms with Crippen molar-refractivity contribution in [2.45, 2.75) is 13.1 Å². The zero-order chi connectivity index (χ0) is 15.5. The molecule has 3 aromatic rings. The van der Waals surface area contributed by atoms with Crippen molar-refractivity contribution in [3.8, 4) is 5.75 Å². The van der Waals surface area contributed by atoms with E-state index in [9.17, 15) is 4.79 Å². The first-order valence-corrected chi connectivity index (χ1v) is 6.88. The highest BCUT2D eigenvalue weighted by molar-refractivity contribution is 5.76. The summed E-state index contributed by atoms with van der Waals surface area (Å²) in [5.74, 6) is 0.768. The van der Waals surface area contributed by atoms with Crippen molar-refractivity contribution in [3.05, 3.63) is 52.6 Å². The number of aliphatic hydroxyl groups is 1. The van der Waals surface area contributed by atoms with Crippen molar-refractivity contribution in [1.82, 2.24) is 19.6 Å². The Morgan fingerprint density at radius 3 is 2.55 bits per heavy atom. The molecular formula is C15H16N4O3. The van der Waals surface area contributed by atoms with Crippen LogP contribution < -0.4 is 10.3 Å². The Kier molecular flexibility index (Phi) is 3.88. The van der Waals surface area contributed by atoms with Gasteiger partial charge in [-0.05, 0) is 17.7 Å². The minimum absolute atomic E-state index is 0.0360. The molecule has 7 heteroatoms. The number of rotatable bonds is 5. The van der Waals surface area contributed by atoms with Gasteiger partial charge in [0.15, 0.2) is 0 Å². The number of aliphatic hydroxyl groups excluding tert-OH is 1. The summed E-state index contributed by atoms with van der Waals surface area (Å²) in [7, 11) is 1.61. The SMILES string of the molecule is COc1ccc(Cn2ncc3c(cnn3CCO)c2=O)cc1. The van der Waals surface area contributed by atoms with Crippen LogP contribution in [0, 0.1) is 0 Å². The van der Waals surface area contributed by atoms with Crippen LogP contribution in [0.25, 0.3) is 10.9 Å². The van der Waals surface area contributed by atoms with Gasteiger partial charge in [-0.15, -0.1) is 0 Å². The molecular weight excluding hydrogens is 284 g/mol. The summed E-state index contributed by atoms with van der Waals surface area (Å²) in [5.41, 5.74) is 1.39. The summed E-state index contributed by atoms with van der Waals surface area (Å²) in [6.07, 6.45) is 3.11. The van der Waals surface area contributed by atoms with Crippen LogP contribution in [-0.4, -0.2) is 38.4 Å². The molecule has 7 nitrogen and oxygen atoms in total. The number of benzene rings is 1. The summed E-state index contributed by atoms with van der Waals surface area (Å²) >= 11 is 0. The van der Waals surface area contributed by atoms with Crippen LogP contribution >= 0.6 is 0 Å². The zero-order valence-electron chi connectivity index (χ0n) is 12.1. The number of hydrogen-bond donors (Lipinski definition) is 1. The molecule has 0 radical (unpaired) electrons. The lowest BCUT2D eigenvalue weighted by molar-refractivity contribution is 0.271. The molecule has 1 N–H and O–H groups in total. The molecule has 2 heterocycles. The van der Waals surface area contributed by atoms with Gasteiger partial charge in [0.2, 0.25) is 0 Å².